The summed E-state index contributed by atoms with van der Waals surface area (Å²) in [7, 11) is 0. The fourth-order valence-corrected chi connectivity index (χ4v) is 2.17. The molecule has 1 N–H and O–H groups in total. The molecule has 96 valence electrons. The maximum atomic E-state index is 5.32. The Morgan fingerprint density at radius 1 is 1.33 bits per heavy atom. The minimum atomic E-state index is 0.131. The Hall–Kier alpha value is -1.07. The topological polar surface area (TPSA) is 33.6 Å². The molecule has 0 aliphatic heterocycles. The van der Waals surface area contributed by atoms with Gasteiger partial charge in [0.2, 0.25) is 0 Å². The van der Waals surface area contributed by atoms with Gasteiger partial charge in [-0.1, -0.05) is 30.3 Å². The summed E-state index contributed by atoms with van der Waals surface area (Å²) in [6.45, 7) is 5.26. The molecule has 0 saturated heterocycles. The Labute approximate surface area is 117 Å². The maximum Gasteiger partial charge on any atom is 0.195 e. The lowest BCUT2D eigenvalue weighted by Gasteiger charge is -2.23. The third kappa shape index (κ3) is 2.84. The summed E-state index contributed by atoms with van der Waals surface area (Å²) in [4.78, 5) is 0. The highest BCUT2D eigenvalue weighted by atomic mass is 32.2. The first-order chi connectivity index (χ1) is 8.53. The summed E-state index contributed by atoms with van der Waals surface area (Å²) in [5.74, 6) is 0.905. The molecule has 0 spiro atoms. The van der Waals surface area contributed by atoms with E-state index in [1.165, 1.54) is 0 Å². The van der Waals surface area contributed by atoms with Crippen molar-refractivity contribution in [3.63, 3.8) is 0 Å². The van der Waals surface area contributed by atoms with Crippen molar-refractivity contribution in [2.24, 2.45) is 0 Å². The summed E-state index contributed by atoms with van der Waals surface area (Å²) in [6.07, 6.45) is 2.12. The molecule has 0 fully saturated rings. The first kappa shape index (κ1) is 13.4. The Balaban J connectivity index is 2.43. The van der Waals surface area contributed by atoms with Crippen LogP contribution in [0.4, 0.5) is 0 Å². The average molecular weight is 279 g/mol. The van der Waals surface area contributed by atoms with E-state index in [2.05, 4.69) is 34.9 Å². The van der Waals surface area contributed by atoms with Crippen LogP contribution in [0.2, 0.25) is 0 Å². The molecule has 0 aliphatic carbocycles. The molecule has 0 unspecified atom stereocenters. The molecule has 0 radical (unpaired) electrons. The molecule has 0 saturated carbocycles. The van der Waals surface area contributed by atoms with E-state index in [1.54, 1.807) is 0 Å². The van der Waals surface area contributed by atoms with E-state index in [0.717, 1.165) is 17.9 Å². The molecule has 1 aromatic carbocycles. The van der Waals surface area contributed by atoms with Crippen LogP contribution < -0.4 is 0 Å². The van der Waals surface area contributed by atoms with Gasteiger partial charge in [-0.3, -0.25) is 9.67 Å². The van der Waals surface area contributed by atoms with Gasteiger partial charge < -0.3 is 0 Å². The van der Waals surface area contributed by atoms with Gasteiger partial charge in [0, 0.05) is 16.9 Å². The van der Waals surface area contributed by atoms with Gasteiger partial charge >= 0.3 is 0 Å². The van der Waals surface area contributed by atoms with Gasteiger partial charge in [-0.2, -0.15) is 16.9 Å². The van der Waals surface area contributed by atoms with E-state index in [0.29, 0.717) is 4.77 Å². The lowest BCUT2D eigenvalue weighted by Crippen LogP contribution is -2.23. The van der Waals surface area contributed by atoms with Gasteiger partial charge in [-0.05, 0) is 32.3 Å². The molecule has 0 atom stereocenters. The highest BCUT2D eigenvalue weighted by Crippen LogP contribution is 2.26. The molecule has 5 heteroatoms. The van der Waals surface area contributed by atoms with Crippen LogP contribution in [0.15, 0.2) is 30.3 Å². The second-order valence-electron chi connectivity index (χ2n) is 4.77. The Morgan fingerprint density at radius 3 is 2.61 bits per heavy atom. The molecular formula is C13H17N3S2. The standard InChI is InChI=1S/C13H17N3S2/c1-13(2,18-3)9-16-11(14-15-12(16)17)10-7-5-4-6-8-10/h4-8H,9H2,1-3H3,(H,15,17). The molecule has 0 amide bonds. The van der Waals surface area contributed by atoms with Crippen molar-refractivity contribution < 1.29 is 0 Å². The van der Waals surface area contributed by atoms with Crippen LogP contribution in [0.5, 0.6) is 0 Å². The smallest absolute Gasteiger partial charge is 0.195 e. The van der Waals surface area contributed by atoms with Crippen molar-refractivity contribution >= 4 is 24.0 Å². The number of hydrogen-bond acceptors (Lipinski definition) is 3. The number of aromatic nitrogens is 3. The summed E-state index contributed by atoms with van der Waals surface area (Å²) in [5.41, 5.74) is 1.08. The molecule has 2 rings (SSSR count). The Kier molecular flexibility index (Phi) is 3.92. The lowest BCUT2D eigenvalue weighted by molar-refractivity contribution is 0.566. The van der Waals surface area contributed by atoms with Crippen LogP contribution in [0.3, 0.4) is 0 Å². The molecule has 0 aliphatic rings. The van der Waals surface area contributed by atoms with Gasteiger partial charge in [0.25, 0.3) is 0 Å². The van der Waals surface area contributed by atoms with E-state index in [4.69, 9.17) is 12.2 Å². The Morgan fingerprint density at radius 2 is 2.00 bits per heavy atom. The normalized spacial score (nSPS) is 11.7. The first-order valence-corrected chi connectivity index (χ1v) is 7.42. The fraction of sp³-hybridized carbons (Fsp3) is 0.385. The van der Waals surface area contributed by atoms with Gasteiger partial charge in [0.05, 0.1) is 0 Å². The zero-order valence-electron chi connectivity index (χ0n) is 10.8. The van der Waals surface area contributed by atoms with Crippen LogP contribution in [0.1, 0.15) is 13.8 Å². The number of nitrogens with zero attached hydrogens (tertiary/aromatic N) is 2. The number of hydrogen-bond donors (Lipinski definition) is 1. The minimum absolute atomic E-state index is 0.131. The van der Waals surface area contributed by atoms with Crippen molar-refractivity contribution in [2.75, 3.05) is 6.26 Å². The van der Waals surface area contributed by atoms with Gasteiger partial charge in [-0.15, -0.1) is 0 Å². The number of rotatable bonds is 4. The minimum Gasteiger partial charge on any atom is -0.299 e. The van der Waals surface area contributed by atoms with E-state index >= 15 is 0 Å². The third-order valence-corrected chi connectivity index (χ3v) is 4.43. The van der Waals surface area contributed by atoms with E-state index < -0.39 is 0 Å². The van der Waals surface area contributed by atoms with E-state index in [-0.39, 0.29) is 4.75 Å². The fourth-order valence-electron chi connectivity index (χ4n) is 1.72. The van der Waals surface area contributed by atoms with Crippen molar-refractivity contribution in [3.8, 4) is 11.4 Å². The Bertz CT molecular complexity index is 569. The second-order valence-corrected chi connectivity index (χ2v) is 6.67. The van der Waals surface area contributed by atoms with E-state index in [9.17, 15) is 0 Å². The van der Waals surface area contributed by atoms with Crippen molar-refractivity contribution in [1.29, 1.82) is 0 Å². The van der Waals surface area contributed by atoms with Gasteiger partial charge in [0.1, 0.15) is 0 Å². The molecule has 2 aromatic rings. The van der Waals surface area contributed by atoms with Crippen LogP contribution in [-0.2, 0) is 6.54 Å². The van der Waals surface area contributed by atoms with Crippen LogP contribution in [0.25, 0.3) is 11.4 Å². The maximum absolute atomic E-state index is 5.32. The average Bonchev–Trinajstić information content (AvgIpc) is 2.72. The van der Waals surface area contributed by atoms with Gasteiger partial charge in [-0.25, -0.2) is 0 Å². The van der Waals surface area contributed by atoms with Crippen molar-refractivity contribution in [1.82, 2.24) is 14.8 Å². The molecule has 18 heavy (non-hydrogen) atoms. The van der Waals surface area contributed by atoms with Crippen LogP contribution in [-0.4, -0.2) is 25.8 Å². The van der Waals surface area contributed by atoms with E-state index in [1.807, 2.05) is 42.1 Å². The largest absolute Gasteiger partial charge is 0.299 e. The predicted octanol–water partition coefficient (Wildman–Crippen LogP) is 3.75. The molecule has 3 nitrogen and oxygen atoms in total. The molecule has 1 aromatic heterocycles. The van der Waals surface area contributed by atoms with Crippen molar-refractivity contribution in [2.45, 2.75) is 25.1 Å². The molecule has 0 bridgehead atoms. The van der Waals surface area contributed by atoms with Crippen LogP contribution in [0, 0.1) is 4.77 Å². The quantitative estimate of drug-likeness (QED) is 0.865. The van der Waals surface area contributed by atoms with Crippen molar-refractivity contribution in [3.05, 3.63) is 35.1 Å². The molecule has 1 heterocycles. The summed E-state index contributed by atoms with van der Waals surface area (Å²) in [5, 5.41) is 7.23. The first-order valence-electron chi connectivity index (χ1n) is 5.79. The number of H-pyrrole nitrogens is 1. The summed E-state index contributed by atoms with van der Waals surface area (Å²) >= 11 is 7.15. The highest BCUT2D eigenvalue weighted by molar-refractivity contribution is 7.99. The number of nitrogens with one attached hydrogen (secondary N) is 1. The zero-order chi connectivity index (χ0) is 13.2. The zero-order valence-corrected chi connectivity index (χ0v) is 12.4. The predicted molar refractivity (Wildman–Crippen MR) is 80.4 cm³/mol. The monoisotopic (exact) mass is 279 g/mol. The molecular weight excluding hydrogens is 262 g/mol. The number of benzene rings is 1. The van der Waals surface area contributed by atoms with Crippen LogP contribution >= 0.6 is 24.0 Å². The number of aromatic amines is 1. The third-order valence-electron chi connectivity index (χ3n) is 2.88. The lowest BCUT2D eigenvalue weighted by atomic mass is 10.2. The highest BCUT2D eigenvalue weighted by Gasteiger charge is 2.20. The summed E-state index contributed by atoms with van der Waals surface area (Å²) < 4.78 is 2.88. The van der Waals surface area contributed by atoms with Gasteiger partial charge in [0.15, 0.2) is 10.6 Å². The summed E-state index contributed by atoms with van der Waals surface area (Å²) in [6, 6.07) is 10.1. The second kappa shape index (κ2) is 5.28. The number of thioether (sulfide) groups is 1. The SMILES string of the molecule is CSC(C)(C)Cn1c(-c2ccccc2)n[nH]c1=S.